The summed E-state index contributed by atoms with van der Waals surface area (Å²) in [5.74, 6) is -2.24. The molecule has 7 heteroatoms. The van der Waals surface area contributed by atoms with Gasteiger partial charge in [0.2, 0.25) is 11.8 Å². The van der Waals surface area contributed by atoms with Crippen LogP contribution >= 0.6 is 0 Å². The molecule has 0 aromatic rings. The van der Waals surface area contributed by atoms with Crippen molar-refractivity contribution in [1.29, 1.82) is 0 Å². The summed E-state index contributed by atoms with van der Waals surface area (Å²) in [6.07, 6.45) is 0. The molecule has 0 bridgehead atoms. The third-order valence-electron chi connectivity index (χ3n) is 2.56. The normalized spacial score (nSPS) is 23.6. The van der Waals surface area contributed by atoms with Gasteiger partial charge in [-0.25, -0.2) is 0 Å². The van der Waals surface area contributed by atoms with E-state index in [-0.39, 0.29) is 25.5 Å². The fourth-order valence-electron chi connectivity index (χ4n) is 1.57. The van der Waals surface area contributed by atoms with Gasteiger partial charge in [0.05, 0.1) is 6.54 Å². The fraction of sp³-hybridized carbons (Fsp3) is 0.667. The van der Waals surface area contributed by atoms with Crippen LogP contribution in [-0.4, -0.2) is 53.5 Å². The maximum absolute atomic E-state index is 11.1. The molecule has 4 N–H and O–H groups in total. The van der Waals surface area contributed by atoms with E-state index in [1.165, 1.54) is 4.90 Å². The first-order chi connectivity index (χ1) is 7.41. The van der Waals surface area contributed by atoms with Crippen molar-refractivity contribution >= 4 is 17.8 Å². The molecule has 90 valence electrons. The summed E-state index contributed by atoms with van der Waals surface area (Å²) in [5, 5.41) is 11.4. The highest BCUT2D eigenvalue weighted by Gasteiger charge is 2.33. The van der Waals surface area contributed by atoms with Crippen molar-refractivity contribution in [2.24, 2.45) is 11.7 Å². The lowest BCUT2D eigenvalue weighted by molar-refractivity contribution is -0.147. The number of carbonyl (C=O) groups excluding carboxylic acids is 2. The molecule has 2 amide bonds. The van der Waals surface area contributed by atoms with Gasteiger partial charge in [-0.1, -0.05) is 6.92 Å². The van der Waals surface area contributed by atoms with Crippen molar-refractivity contribution in [2.45, 2.75) is 13.0 Å². The minimum atomic E-state index is -1.02. The van der Waals surface area contributed by atoms with E-state index in [0.717, 1.165) is 0 Å². The molecule has 0 aromatic carbocycles. The zero-order chi connectivity index (χ0) is 12.3. The molecule has 7 nitrogen and oxygen atoms in total. The highest BCUT2D eigenvalue weighted by atomic mass is 16.4. The number of carboxylic acids is 1. The topological polar surface area (TPSA) is 113 Å². The van der Waals surface area contributed by atoms with Gasteiger partial charge < -0.3 is 16.2 Å². The first-order valence-corrected chi connectivity index (χ1v) is 4.94. The lowest BCUT2D eigenvalue weighted by atomic mass is 10.1. The third-order valence-corrected chi connectivity index (χ3v) is 2.56. The van der Waals surface area contributed by atoms with Crippen molar-refractivity contribution < 1.29 is 19.5 Å². The standard InChI is InChI=1S/C9H15N3O4/c1-5(8(10)14)3-12-4-7(13)11-2-6(12)9(15)16/h5-6H,2-4H2,1H3,(H2,10,14)(H,11,13)(H,15,16). The summed E-state index contributed by atoms with van der Waals surface area (Å²) < 4.78 is 0. The first kappa shape index (κ1) is 12.4. The second-order valence-electron chi connectivity index (χ2n) is 3.89. The summed E-state index contributed by atoms with van der Waals surface area (Å²) in [5.41, 5.74) is 5.10. The smallest absolute Gasteiger partial charge is 0.322 e. The van der Waals surface area contributed by atoms with Crippen molar-refractivity contribution in [3.63, 3.8) is 0 Å². The lowest BCUT2D eigenvalue weighted by Crippen LogP contribution is -2.58. The Hall–Kier alpha value is -1.63. The summed E-state index contributed by atoms with van der Waals surface area (Å²) >= 11 is 0. The Kier molecular flexibility index (Phi) is 3.83. The largest absolute Gasteiger partial charge is 0.480 e. The quantitative estimate of drug-likeness (QED) is 0.515. The molecule has 1 saturated heterocycles. The number of primary amides is 1. The number of nitrogens with zero attached hydrogens (tertiary/aromatic N) is 1. The number of hydrogen-bond donors (Lipinski definition) is 3. The average Bonchev–Trinajstić information content (AvgIpc) is 2.16. The molecule has 1 aliphatic rings. The van der Waals surface area contributed by atoms with Crippen LogP contribution in [0.4, 0.5) is 0 Å². The summed E-state index contributed by atoms with van der Waals surface area (Å²) in [7, 11) is 0. The monoisotopic (exact) mass is 229 g/mol. The van der Waals surface area contributed by atoms with Crippen LogP contribution in [0, 0.1) is 5.92 Å². The van der Waals surface area contributed by atoms with Gasteiger partial charge >= 0.3 is 5.97 Å². The second kappa shape index (κ2) is 4.93. The first-order valence-electron chi connectivity index (χ1n) is 4.94. The number of hydrogen-bond acceptors (Lipinski definition) is 4. The van der Waals surface area contributed by atoms with Crippen LogP contribution in [-0.2, 0) is 14.4 Å². The molecule has 0 radical (unpaired) electrons. The number of piperazine rings is 1. The predicted octanol–water partition coefficient (Wildman–Crippen LogP) is -2.01. The third kappa shape index (κ3) is 2.93. The number of nitrogens with one attached hydrogen (secondary N) is 1. The van der Waals surface area contributed by atoms with Gasteiger partial charge in [-0.2, -0.15) is 0 Å². The summed E-state index contributed by atoms with van der Waals surface area (Å²) in [6.45, 7) is 1.82. The van der Waals surface area contributed by atoms with Crippen molar-refractivity contribution in [3.8, 4) is 0 Å². The lowest BCUT2D eigenvalue weighted by Gasteiger charge is -2.33. The molecule has 16 heavy (non-hydrogen) atoms. The molecule has 0 saturated carbocycles. The maximum Gasteiger partial charge on any atom is 0.322 e. The molecule has 1 fully saturated rings. The van der Waals surface area contributed by atoms with Crippen LogP contribution in [0.1, 0.15) is 6.92 Å². The molecule has 2 atom stereocenters. The Morgan fingerprint density at radius 3 is 2.81 bits per heavy atom. The van der Waals surface area contributed by atoms with Gasteiger partial charge in [-0.15, -0.1) is 0 Å². The fourth-order valence-corrected chi connectivity index (χ4v) is 1.57. The van der Waals surface area contributed by atoms with Crippen molar-refractivity contribution in [3.05, 3.63) is 0 Å². The van der Waals surface area contributed by atoms with Gasteiger partial charge in [0.25, 0.3) is 0 Å². The highest BCUT2D eigenvalue weighted by Crippen LogP contribution is 2.08. The number of carboxylic acid groups (broad SMARTS) is 1. The van der Waals surface area contributed by atoms with Crippen molar-refractivity contribution in [2.75, 3.05) is 19.6 Å². The SMILES string of the molecule is CC(CN1CC(=O)NCC1C(=O)O)C(N)=O. The van der Waals surface area contributed by atoms with E-state index >= 15 is 0 Å². The maximum atomic E-state index is 11.1. The van der Waals surface area contributed by atoms with E-state index < -0.39 is 23.8 Å². The van der Waals surface area contributed by atoms with Crippen LogP contribution < -0.4 is 11.1 Å². The molecule has 2 unspecified atom stereocenters. The number of rotatable bonds is 4. The van der Waals surface area contributed by atoms with Crippen LogP contribution in [0.5, 0.6) is 0 Å². The Labute approximate surface area is 92.6 Å². The summed E-state index contributed by atoms with van der Waals surface area (Å²) in [6, 6.07) is -0.792. The Morgan fingerprint density at radius 2 is 2.31 bits per heavy atom. The number of amides is 2. The van der Waals surface area contributed by atoms with Gasteiger partial charge in [0.15, 0.2) is 0 Å². The Morgan fingerprint density at radius 1 is 1.69 bits per heavy atom. The highest BCUT2D eigenvalue weighted by molar-refractivity contribution is 5.83. The predicted molar refractivity (Wildman–Crippen MR) is 54.4 cm³/mol. The van der Waals surface area contributed by atoms with Crippen LogP contribution in [0.3, 0.4) is 0 Å². The number of aliphatic carboxylic acids is 1. The Bertz CT molecular complexity index is 318. The van der Waals surface area contributed by atoms with E-state index in [0.29, 0.717) is 0 Å². The van der Waals surface area contributed by atoms with Crippen LogP contribution in [0.15, 0.2) is 0 Å². The molecule has 0 spiro atoms. The minimum absolute atomic E-state index is 0.0193. The van der Waals surface area contributed by atoms with Gasteiger partial charge in [-0.3, -0.25) is 19.3 Å². The van der Waals surface area contributed by atoms with E-state index in [9.17, 15) is 14.4 Å². The Balaban J connectivity index is 2.68. The molecule has 1 rings (SSSR count). The zero-order valence-corrected chi connectivity index (χ0v) is 8.97. The van der Waals surface area contributed by atoms with E-state index in [1.807, 2.05) is 0 Å². The molecule has 1 aliphatic heterocycles. The average molecular weight is 229 g/mol. The van der Waals surface area contributed by atoms with Gasteiger partial charge in [0.1, 0.15) is 6.04 Å². The number of carbonyl (C=O) groups is 3. The van der Waals surface area contributed by atoms with Gasteiger partial charge in [0, 0.05) is 19.0 Å². The van der Waals surface area contributed by atoms with Gasteiger partial charge in [-0.05, 0) is 0 Å². The molecular formula is C9H15N3O4. The molecule has 0 aliphatic carbocycles. The van der Waals surface area contributed by atoms with Crippen LogP contribution in [0.2, 0.25) is 0 Å². The molecular weight excluding hydrogens is 214 g/mol. The van der Waals surface area contributed by atoms with Crippen molar-refractivity contribution in [1.82, 2.24) is 10.2 Å². The number of nitrogens with two attached hydrogens (primary N) is 1. The zero-order valence-electron chi connectivity index (χ0n) is 8.97. The van der Waals surface area contributed by atoms with E-state index in [1.54, 1.807) is 6.92 Å². The second-order valence-corrected chi connectivity index (χ2v) is 3.89. The summed E-state index contributed by atoms with van der Waals surface area (Å²) in [4.78, 5) is 34.4. The van der Waals surface area contributed by atoms with E-state index in [2.05, 4.69) is 5.32 Å². The van der Waals surface area contributed by atoms with Crippen LogP contribution in [0.25, 0.3) is 0 Å². The minimum Gasteiger partial charge on any atom is -0.480 e. The molecule has 1 heterocycles. The molecule has 0 aromatic heterocycles. The van der Waals surface area contributed by atoms with E-state index in [4.69, 9.17) is 10.8 Å².